The summed E-state index contributed by atoms with van der Waals surface area (Å²) in [6, 6.07) is 9.38. The van der Waals surface area contributed by atoms with Gasteiger partial charge in [0.1, 0.15) is 0 Å². The monoisotopic (exact) mass is 261 g/mol. The standard InChI is InChI=1S/C16H27N3/c1-14-5-4-6-15(13-14)17-9-12-19-10-7-16(8-11-19)18(2)3/h4-6,13,16-17H,7-12H2,1-3H3. The molecule has 106 valence electrons. The smallest absolute Gasteiger partial charge is 0.0343 e. The Hall–Kier alpha value is -1.06. The molecule has 1 fully saturated rings. The van der Waals surface area contributed by atoms with Crippen LogP contribution in [0.15, 0.2) is 24.3 Å². The normalized spacial score (nSPS) is 17.9. The molecular formula is C16H27N3. The molecule has 1 N–H and O–H groups in total. The number of aryl methyl sites for hydroxylation is 1. The lowest BCUT2D eigenvalue weighted by Gasteiger charge is -2.35. The second-order valence-corrected chi connectivity index (χ2v) is 5.83. The lowest BCUT2D eigenvalue weighted by molar-refractivity contribution is 0.148. The zero-order valence-corrected chi connectivity index (χ0v) is 12.5. The molecule has 1 aliphatic heterocycles. The lowest BCUT2D eigenvalue weighted by atomic mass is 10.0. The second-order valence-electron chi connectivity index (χ2n) is 5.83. The summed E-state index contributed by atoms with van der Waals surface area (Å²) in [5.74, 6) is 0. The second kappa shape index (κ2) is 6.92. The molecule has 1 aromatic rings. The first-order valence-corrected chi connectivity index (χ1v) is 7.34. The van der Waals surface area contributed by atoms with E-state index in [9.17, 15) is 0 Å². The number of likely N-dealkylation sites (tertiary alicyclic amines) is 1. The van der Waals surface area contributed by atoms with Crippen molar-refractivity contribution in [1.29, 1.82) is 0 Å². The number of nitrogens with one attached hydrogen (secondary N) is 1. The van der Waals surface area contributed by atoms with E-state index < -0.39 is 0 Å². The summed E-state index contributed by atoms with van der Waals surface area (Å²) < 4.78 is 0. The quantitative estimate of drug-likeness (QED) is 0.878. The van der Waals surface area contributed by atoms with Crippen LogP contribution >= 0.6 is 0 Å². The van der Waals surface area contributed by atoms with E-state index in [0.29, 0.717) is 0 Å². The number of hydrogen-bond acceptors (Lipinski definition) is 3. The van der Waals surface area contributed by atoms with Gasteiger partial charge in [-0.25, -0.2) is 0 Å². The van der Waals surface area contributed by atoms with Gasteiger partial charge in [0.2, 0.25) is 0 Å². The van der Waals surface area contributed by atoms with Crippen molar-refractivity contribution in [3.63, 3.8) is 0 Å². The number of benzene rings is 1. The van der Waals surface area contributed by atoms with Gasteiger partial charge in [0.25, 0.3) is 0 Å². The van der Waals surface area contributed by atoms with Gasteiger partial charge in [-0.3, -0.25) is 0 Å². The first-order chi connectivity index (χ1) is 9.15. The summed E-state index contributed by atoms with van der Waals surface area (Å²) in [4.78, 5) is 4.94. The molecule has 19 heavy (non-hydrogen) atoms. The SMILES string of the molecule is Cc1cccc(NCCN2CCC(N(C)C)CC2)c1. The van der Waals surface area contributed by atoms with Crippen molar-refractivity contribution in [2.75, 3.05) is 45.6 Å². The highest BCUT2D eigenvalue weighted by atomic mass is 15.2. The molecule has 0 amide bonds. The van der Waals surface area contributed by atoms with Gasteiger partial charge in [0.15, 0.2) is 0 Å². The van der Waals surface area contributed by atoms with Crippen LogP contribution in [0.2, 0.25) is 0 Å². The summed E-state index contributed by atoms with van der Waals surface area (Å²) in [6.45, 7) is 6.79. The van der Waals surface area contributed by atoms with Crippen LogP contribution in [0.25, 0.3) is 0 Å². The lowest BCUT2D eigenvalue weighted by Crippen LogP contribution is -2.43. The molecule has 0 aliphatic carbocycles. The van der Waals surface area contributed by atoms with Gasteiger partial charge < -0.3 is 15.1 Å². The van der Waals surface area contributed by atoms with Crippen molar-refractivity contribution in [3.8, 4) is 0 Å². The summed E-state index contributed by atoms with van der Waals surface area (Å²) in [5, 5.41) is 3.51. The molecule has 0 bridgehead atoms. The van der Waals surface area contributed by atoms with Gasteiger partial charge in [-0.05, 0) is 64.6 Å². The Morgan fingerprint density at radius 2 is 2.00 bits per heavy atom. The Morgan fingerprint density at radius 3 is 2.63 bits per heavy atom. The maximum absolute atomic E-state index is 3.51. The van der Waals surface area contributed by atoms with Gasteiger partial charge in [-0.1, -0.05) is 12.1 Å². The van der Waals surface area contributed by atoms with Crippen molar-refractivity contribution < 1.29 is 0 Å². The van der Waals surface area contributed by atoms with Crippen LogP contribution in [-0.4, -0.2) is 56.1 Å². The molecule has 1 heterocycles. The number of rotatable bonds is 5. The Labute approximate surface area is 117 Å². The summed E-state index contributed by atoms with van der Waals surface area (Å²) in [5.41, 5.74) is 2.56. The van der Waals surface area contributed by atoms with Crippen molar-refractivity contribution in [3.05, 3.63) is 29.8 Å². The van der Waals surface area contributed by atoms with E-state index in [0.717, 1.165) is 19.1 Å². The average Bonchev–Trinajstić information content (AvgIpc) is 2.39. The van der Waals surface area contributed by atoms with Crippen molar-refractivity contribution >= 4 is 5.69 Å². The first kappa shape index (κ1) is 14.4. The molecule has 3 heteroatoms. The maximum atomic E-state index is 3.51. The number of piperidine rings is 1. The summed E-state index contributed by atoms with van der Waals surface area (Å²) in [6.07, 6.45) is 2.61. The fourth-order valence-electron chi connectivity index (χ4n) is 2.77. The molecule has 1 saturated heterocycles. The molecule has 0 unspecified atom stereocenters. The van der Waals surface area contributed by atoms with Gasteiger partial charge in [0.05, 0.1) is 0 Å². The Morgan fingerprint density at radius 1 is 1.26 bits per heavy atom. The van der Waals surface area contributed by atoms with E-state index >= 15 is 0 Å². The van der Waals surface area contributed by atoms with Gasteiger partial charge in [-0.15, -0.1) is 0 Å². The van der Waals surface area contributed by atoms with Crippen molar-refractivity contribution in [2.24, 2.45) is 0 Å². The average molecular weight is 261 g/mol. The van der Waals surface area contributed by atoms with E-state index in [-0.39, 0.29) is 0 Å². The molecular weight excluding hydrogens is 234 g/mol. The molecule has 0 saturated carbocycles. The number of nitrogens with zero attached hydrogens (tertiary/aromatic N) is 2. The minimum Gasteiger partial charge on any atom is -0.384 e. The predicted octanol–water partition coefficient (Wildman–Crippen LogP) is 2.43. The van der Waals surface area contributed by atoms with Gasteiger partial charge in [-0.2, -0.15) is 0 Å². The van der Waals surface area contributed by atoms with E-state index in [1.54, 1.807) is 0 Å². The third kappa shape index (κ3) is 4.51. The Bertz CT molecular complexity index is 381. The van der Waals surface area contributed by atoms with Crippen LogP contribution in [0.3, 0.4) is 0 Å². The largest absolute Gasteiger partial charge is 0.384 e. The zero-order chi connectivity index (χ0) is 13.7. The van der Waals surface area contributed by atoms with Crippen LogP contribution in [0.1, 0.15) is 18.4 Å². The third-order valence-electron chi connectivity index (χ3n) is 4.06. The molecule has 0 spiro atoms. The van der Waals surface area contributed by atoms with Gasteiger partial charge in [0, 0.05) is 24.8 Å². The first-order valence-electron chi connectivity index (χ1n) is 7.34. The zero-order valence-electron chi connectivity index (χ0n) is 12.5. The van der Waals surface area contributed by atoms with Crippen LogP contribution in [-0.2, 0) is 0 Å². The van der Waals surface area contributed by atoms with Crippen LogP contribution in [0.4, 0.5) is 5.69 Å². The minimum atomic E-state index is 0.779. The fraction of sp³-hybridized carbons (Fsp3) is 0.625. The summed E-state index contributed by atoms with van der Waals surface area (Å²) >= 11 is 0. The number of hydrogen-bond donors (Lipinski definition) is 1. The molecule has 1 aromatic carbocycles. The van der Waals surface area contributed by atoms with E-state index in [2.05, 4.69) is 60.4 Å². The predicted molar refractivity (Wildman–Crippen MR) is 82.8 cm³/mol. The Kier molecular flexibility index (Phi) is 5.23. The summed E-state index contributed by atoms with van der Waals surface area (Å²) in [7, 11) is 4.39. The Balaban J connectivity index is 1.67. The van der Waals surface area contributed by atoms with E-state index in [1.165, 1.54) is 37.2 Å². The van der Waals surface area contributed by atoms with Gasteiger partial charge >= 0.3 is 0 Å². The third-order valence-corrected chi connectivity index (χ3v) is 4.06. The molecule has 0 aromatic heterocycles. The molecule has 2 rings (SSSR count). The molecule has 0 atom stereocenters. The highest BCUT2D eigenvalue weighted by Crippen LogP contribution is 2.14. The number of anilines is 1. The van der Waals surface area contributed by atoms with Crippen molar-refractivity contribution in [1.82, 2.24) is 9.80 Å². The highest BCUT2D eigenvalue weighted by molar-refractivity contribution is 5.45. The molecule has 0 radical (unpaired) electrons. The topological polar surface area (TPSA) is 18.5 Å². The van der Waals surface area contributed by atoms with Crippen LogP contribution < -0.4 is 5.32 Å². The van der Waals surface area contributed by atoms with Crippen LogP contribution in [0, 0.1) is 6.92 Å². The van der Waals surface area contributed by atoms with Crippen molar-refractivity contribution in [2.45, 2.75) is 25.8 Å². The van der Waals surface area contributed by atoms with E-state index in [4.69, 9.17) is 0 Å². The molecule has 3 nitrogen and oxygen atoms in total. The van der Waals surface area contributed by atoms with E-state index in [1.807, 2.05) is 0 Å². The maximum Gasteiger partial charge on any atom is 0.0343 e. The molecule has 1 aliphatic rings. The van der Waals surface area contributed by atoms with Crippen LogP contribution in [0.5, 0.6) is 0 Å². The minimum absolute atomic E-state index is 0.779. The fourth-order valence-corrected chi connectivity index (χ4v) is 2.77. The highest BCUT2D eigenvalue weighted by Gasteiger charge is 2.19.